The lowest BCUT2D eigenvalue weighted by molar-refractivity contribution is 0.411. The number of hydrogen-bond donors (Lipinski definition) is 1. The first-order chi connectivity index (χ1) is 11.8. The molecule has 0 amide bonds. The zero-order valence-electron chi connectivity index (χ0n) is 14.5. The average Bonchev–Trinajstić information content (AvgIpc) is 2.57. The molecule has 0 atom stereocenters. The largest absolute Gasteiger partial charge is 0.496 e. The van der Waals surface area contributed by atoms with Gasteiger partial charge in [0.15, 0.2) is 0 Å². The first kappa shape index (κ1) is 19.8. The summed E-state index contributed by atoms with van der Waals surface area (Å²) in [5.74, 6) is 1.49. The highest BCUT2D eigenvalue weighted by Gasteiger charge is 2.18. The van der Waals surface area contributed by atoms with Gasteiger partial charge >= 0.3 is 0 Å². The summed E-state index contributed by atoms with van der Waals surface area (Å²) < 4.78 is 46.3. The Bertz CT molecular complexity index is 838. The van der Waals surface area contributed by atoms with Gasteiger partial charge in [0.25, 0.3) is 0 Å². The van der Waals surface area contributed by atoms with Crippen LogP contribution in [-0.4, -0.2) is 27.8 Å². The van der Waals surface area contributed by atoms with Crippen LogP contribution < -0.4 is 9.46 Å². The van der Waals surface area contributed by atoms with Gasteiger partial charge in [0.05, 0.1) is 12.0 Å². The van der Waals surface area contributed by atoms with Crippen LogP contribution in [0.3, 0.4) is 0 Å². The molecular formula is C18H22FNO3S2. The van der Waals surface area contributed by atoms with Gasteiger partial charge < -0.3 is 4.74 Å². The van der Waals surface area contributed by atoms with Crippen molar-refractivity contribution in [3.8, 4) is 5.75 Å². The van der Waals surface area contributed by atoms with Crippen molar-refractivity contribution in [3.63, 3.8) is 0 Å². The SMILES string of the molecule is COc1cc(C)c(S(=O)(=O)NCCSCc2ccccc2F)cc1C. The fourth-order valence-corrected chi connectivity index (χ4v) is 4.71. The molecule has 0 saturated carbocycles. The molecule has 0 aromatic heterocycles. The maximum atomic E-state index is 13.5. The van der Waals surface area contributed by atoms with E-state index in [1.54, 1.807) is 44.4 Å². The zero-order chi connectivity index (χ0) is 18.4. The number of sulfonamides is 1. The van der Waals surface area contributed by atoms with E-state index in [2.05, 4.69) is 4.72 Å². The molecule has 2 rings (SSSR count). The van der Waals surface area contributed by atoms with Crippen LogP contribution in [-0.2, 0) is 15.8 Å². The summed E-state index contributed by atoms with van der Waals surface area (Å²) in [6, 6.07) is 9.93. The van der Waals surface area contributed by atoms with E-state index < -0.39 is 10.0 Å². The Labute approximate surface area is 152 Å². The molecule has 0 aliphatic rings. The predicted molar refractivity (Wildman–Crippen MR) is 100 cm³/mol. The molecule has 0 bridgehead atoms. The van der Waals surface area contributed by atoms with Crippen LogP contribution >= 0.6 is 11.8 Å². The van der Waals surface area contributed by atoms with Crippen molar-refractivity contribution in [2.75, 3.05) is 19.4 Å². The lowest BCUT2D eigenvalue weighted by Crippen LogP contribution is -2.26. The van der Waals surface area contributed by atoms with Gasteiger partial charge in [-0.25, -0.2) is 17.5 Å². The minimum absolute atomic E-state index is 0.236. The van der Waals surface area contributed by atoms with Crippen molar-refractivity contribution in [1.29, 1.82) is 0 Å². The topological polar surface area (TPSA) is 55.4 Å². The number of halogens is 1. The fraction of sp³-hybridized carbons (Fsp3) is 0.333. The van der Waals surface area contributed by atoms with E-state index in [0.29, 0.717) is 28.4 Å². The van der Waals surface area contributed by atoms with Crippen LogP contribution in [0.4, 0.5) is 4.39 Å². The van der Waals surface area contributed by atoms with Crippen molar-refractivity contribution < 1.29 is 17.5 Å². The highest BCUT2D eigenvalue weighted by atomic mass is 32.2. The standard InChI is InChI=1S/C18H22FNO3S2/c1-13-11-18(14(2)10-17(13)23-3)25(21,22)20-8-9-24-12-15-6-4-5-7-16(15)19/h4-7,10-11,20H,8-9,12H2,1-3H3. The van der Waals surface area contributed by atoms with E-state index in [9.17, 15) is 12.8 Å². The van der Waals surface area contributed by atoms with E-state index >= 15 is 0 Å². The molecule has 0 saturated heterocycles. The number of nitrogens with one attached hydrogen (secondary N) is 1. The third kappa shape index (κ3) is 5.20. The van der Waals surface area contributed by atoms with Crippen molar-refractivity contribution >= 4 is 21.8 Å². The average molecular weight is 384 g/mol. The monoisotopic (exact) mass is 383 g/mol. The normalized spacial score (nSPS) is 11.5. The second-order valence-electron chi connectivity index (χ2n) is 5.63. The molecule has 7 heteroatoms. The first-order valence-electron chi connectivity index (χ1n) is 7.81. The molecule has 25 heavy (non-hydrogen) atoms. The lowest BCUT2D eigenvalue weighted by atomic mass is 10.1. The minimum Gasteiger partial charge on any atom is -0.496 e. The van der Waals surface area contributed by atoms with Crippen molar-refractivity contribution in [2.45, 2.75) is 24.5 Å². The van der Waals surface area contributed by atoms with Gasteiger partial charge in [-0.1, -0.05) is 18.2 Å². The Hall–Kier alpha value is -1.57. The smallest absolute Gasteiger partial charge is 0.240 e. The number of ether oxygens (including phenoxy) is 1. The third-order valence-electron chi connectivity index (χ3n) is 3.74. The molecule has 0 heterocycles. The fourth-order valence-electron chi connectivity index (χ4n) is 2.40. The molecule has 0 unspecified atom stereocenters. The second kappa shape index (κ2) is 8.69. The van der Waals surface area contributed by atoms with Gasteiger partial charge in [0.2, 0.25) is 10.0 Å². The van der Waals surface area contributed by atoms with Crippen LogP contribution in [0, 0.1) is 19.7 Å². The summed E-state index contributed by atoms with van der Waals surface area (Å²) in [5, 5.41) is 0. The van der Waals surface area contributed by atoms with E-state index in [0.717, 1.165) is 5.56 Å². The Balaban J connectivity index is 1.92. The lowest BCUT2D eigenvalue weighted by Gasteiger charge is -2.12. The molecule has 4 nitrogen and oxygen atoms in total. The number of rotatable bonds is 8. The highest BCUT2D eigenvalue weighted by Crippen LogP contribution is 2.25. The zero-order valence-corrected chi connectivity index (χ0v) is 16.1. The van der Waals surface area contributed by atoms with E-state index in [-0.39, 0.29) is 17.3 Å². The van der Waals surface area contributed by atoms with Crippen LogP contribution in [0.15, 0.2) is 41.3 Å². The molecule has 2 aromatic rings. The molecule has 1 N–H and O–H groups in total. The summed E-state index contributed by atoms with van der Waals surface area (Å²) in [6.45, 7) is 3.83. The predicted octanol–water partition coefficient (Wildman–Crippen LogP) is 3.66. The maximum Gasteiger partial charge on any atom is 0.240 e. The van der Waals surface area contributed by atoms with E-state index in [4.69, 9.17) is 4.74 Å². The Morgan fingerprint density at radius 2 is 1.88 bits per heavy atom. The van der Waals surface area contributed by atoms with Crippen LogP contribution in [0.5, 0.6) is 5.75 Å². The number of hydrogen-bond acceptors (Lipinski definition) is 4. The molecule has 0 spiro atoms. The maximum absolute atomic E-state index is 13.5. The summed E-state index contributed by atoms with van der Waals surface area (Å²) in [6.07, 6.45) is 0. The number of thioether (sulfide) groups is 1. The summed E-state index contributed by atoms with van der Waals surface area (Å²) >= 11 is 1.48. The Morgan fingerprint density at radius 3 is 2.56 bits per heavy atom. The molecule has 136 valence electrons. The number of methoxy groups -OCH3 is 1. The number of benzene rings is 2. The van der Waals surface area contributed by atoms with Gasteiger partial charge in [-0.3, -0.25) is 0 Å². The summed E-state index contributed by atoms with van der Waals surface area (Å²) in [5.41, 5.74) is 2.02. The molecule has 0 radical (unpaired) electrons. The summed E-state index contributed by atoms with van der Waals surface area (Å²) in [7, 11) is -2.03. The van der Waals surface area contributed by atoms with Gasteiger partial charge in [-0.2, -0.15) is 11.8 Å². The molecular weight excluding hydrogens is 361 g/mol. The van der Waals surface area contributed by atoms with Gasteiger partial charge in [0, 0.05) is 18.1 Å². The van der Waals surface area contributed by atoms with Crippen molar-refractivity contribution in [1.82, 2.24) is 4.72 Å². The Kier molecular flexibility index (Phi) is 6.87. The van der Waals surface area contributed by atoms with Gasteiger partial charge in [0.1, 0.15) is 11.6 Å². The van der Waals surface area contributed by atoms with E-state index in [1.165, 1.54) is 17.8 Å². The molecule has 0 aliphatic heterocycles. The molecule has 0 aliphatic carbocycles. The second-order valence-corrected chi connectivity index (χ2v) is 8.47. The van der Waals surface area contributed by atoms with Crippen molar-refractivity contribution in [3.05, 3.63) is 58.9 Å². The van der Waals surface area contributed by atoms with Gasteiger partial charge in [-0.05, 0) is 48.7 Å². The highest BCUT2D eigenvalue weighted by molar-refractivity contribution is 7.98. The number of aryl methyl sites for hydroxylation is 2. The van der Waals surface area contributed by atoms with Crippen LogP contribution in [0.1, 0.15) is 16.7 Å². The van der Waals surface area contributed by atoms with E-state index in [1.807, 2.05) is 6.92 Å². The van der Waals surface area contributed by atoms with Crippen molar-refractivity contribution in [2.24, 2.45) is 0 Å². The molecule has 2 aromatic carbocycles. The van der Waals surface area contributed by atoms with Crippen LogP contribution in [0.25, 0.3) is 0 Å². The molecule has 0 fully saturated rings. The van der Waals surface area contributed by atoms with Gasteiger partial charge in [-0.15, -0.1) is 0 Å². The quantitative estimate of drug-likeness (QED) is 0.707. The Morgan fingerprint density at radius 1 is 1.16 bits per heavy atom. The third-order valence-corrected chi connectivity index (χ3v) is 6.35. The van der Waals surface area contributed by atoms with Crippen LogP contribution in [0.2, 0.25) is 0 Å². The first-order valence-corrected chi connectivity index (χ1v) is 10.4. The minimum atomic E-state index is -3.58. The summed E-state index contributed by atoms with van der Waals surface area (Å²) in [4.78, 5) is 0.255.